The standard InChI is InChI=1S/C12H21NO3/c1-9-4-6-11(7-5-9)13(3)12(15)8-16-10(2)14/h9,11H,4-8H2,1-3H3/t9-,11-. The topological polar surface area (TPSA) is 46.6 Å². The molecule has 0 N–H and O–H groups in total. The van der Waals surface area contributed by atoms with Gasteiger partial charge in [-0.15, -0.1) is 0 Å². The Morgan fingerprint density at radius 1 is 1.25 bits per heavy atom. The molecule has 0 bridgehead atoms. The molecule has 1 amide bonds. The molecule has 0 aromatic carbocycles. The maximum Gasteiger partial charge on any atom is 0.303 e. The van der Waals surface area contributed by atoms with Crippen LogP contribution >= 0.6 is 0 Å². The highest BCUT2D eigenvalue weighted by atomic mass is 16.5. The quantitative estimate of drug-likeness (QED) is 0.688. The first-order chi connectivity index (χ1) is 7.50. The van der Waals surface area contributed by atoms with Crippen LogP contribution in [0, 0.1) is 5.92 Å². The van der Waals surface area contributed by atoms with Crippen molar-refractivity contribution in [3.05, 3.63) is 0 Å². The average Bonchev–Trinajstić information content (AvgIpc) is 2.26. The minimum atomic E-state index is -0.404. The van der Waals surface area contributed by atoms with Crippen molar-refractivity contribution in [1.82, 2.24) is 4.90 Å². The van der Waals surface area contributed by atoms with Crippen molar-refractivity contribution in [3.63, 3.8) is 0 Å². The van der Waals surface area contributed by atoms with Gasteiger partial charge in [0.1, 0.15) is 0 Å². The molecule has 0 spiro atoms. The van der Waals surface area contributed by atoms with E-state index in [1.807, 2.05) is 0 Å². The molecule has 0 radical (unpaired) electrons. The number of carbonyl (C=O) groups is 2. The van der Waals surface area contributed by atoms with Gasteiger partial charge in [0.2, 0.25) is 0 Å². The van der Waals surface area contributed by atoms with Crippen molar-refractivity contribution in [2.24, 2.45) is 5.92 Å². The van der Waals surface area contributed by atoms with Gasteiger partial charge in [-0.2, -0.15) is 0 Å². The van der Waals surface area contributed by atoms with Crippen molar-refractivity contribution in [1.29, 1.82) is 0 Å². The molecule has 0 saturated heterocycles. The molecule has 1 rings (SSSR count). The molecule has 92 valence electrons. The Kier molecular flexibility index (Phi) is 4.77. The van der Waals surface area contributed by atoms with Crippen LogP contribution in [0.3, 0.4) is 0 Å². The number of rotatable bonds is 3. The predicted molar refractivity (Wildman–Crippen MR) is 60.8 cm³/mol. The predicted octanol–water partition coefficient (Wildman–Crippen LogP) is 1.59. The fourth-order valence-electron chi connectivity index (χ4n) is 2.10. The SMILES string of the molecule is CC(=O)OCC(=O)N(C)[C@H]1CC[C@H](C)CC1. The van der Waals surface area contributed by atoms with E-state index in [4.69, 9.17) is 4.74 Å². The van der Waals surface area contributed by atoms with Crippen molar-refractivity contribution in [3.8, 4) is 0 Å². The zero-order valence-electron chi connectivity index (χ0n) is 10.4. The van der Waals surface area contributed by atoms with Crippen molar-refractivity contribution < 1.29 is 14.3 Å². The molecule has 4 heteroatoms. The van der Waals surface area contributed by atoms with E-state index in [1.54, 1.807) is 11.9 Å². The first kappa shape index (κ1) is 13.0. The lowest BCUT2D eigenvalue weighted by molar-refractivity contribution is -0.150. The van der Waals surface area contributed by atoms with E-state index in [2.05, 4.69) is 6.92 Å². The van der Waals surface area contributed by atoms with E-state index < -0.39 is 5.97 Å². The second kappa shape index (κ2) is 5.87. The van der Waals surface area contributed by atoms with E-state index in [0.29, 0.717) is 6.04 Å². The van der Waals surface area contributed by atoms with Gasteiger partial charge >= 0.3 is 5.97 Å². The Bertz CT molecular complexity index is 257. The third kappa shape index (κ3) is 3.83. The van der Waals surface area contributed by atoms with E-state index in [-0.39, 0.29) is 12.5 Å². The molecule has 0 aromatic rings. The first-order valence-corrected chi connectivity index (χ1v) is 5.89. The monoisotopic (exact) mass is 227 g/mol. The summed E-state index contributed by atoms with van der Waals surface area (Å²) in [5, 5.41) is 0. The molecule has 0 atom stereocenters. The van der Waals surface area contributed by atoms with Crippen molar-refractivity contribution in [2.75, 3.05) is 13.7 Å². The number of carbonyl (C=O) groups excluding carboxylic acids is 2. The summed E-state index contributed by atoms with van der Waals surface area (Å²) in [6.07, 6.45) is 4.47. The fraction of sp³-hybridized carbons (Fsp3) is 0.833. The number of likely N-dealkylation sites (N-methyl/N-ethyl adjacent to an activating group) is 1. The van der Waals surface area contributed by atoms with Gasteiger partial charge in [-0.05, 0) is 31.6 Å². The van der Waals surface area contributed by atoms with Crippen LogP contribution in [0.4, 0.5) is 0 Å². The number of nitrogens with zero attached hydrogens (tertiary/aromatic N) is 1. The van der Waals surface area contributed by atoms with Gasteiger partial charge in [0, 0.05) is 20.0 Å². The van der Waals surface area contributed by atoms with Crippen LogP contribution in [-0.4, -0.2) is 36.5 Å². The fourth-order valence-corrected chi connectivity index (χ4v) is 2.10. The van der Waals surface area contributed by atoms with Crippen molar-refractivity contribution in [2.45, 2.75) is 45.6 Å². The van der Waals surface area contributed by atoms with Crippen LogP contribution in [0.1, 0.15) is 39.5 Å². The van der Waals surface area contributed by atoms with Crippen LogP contribution in [-0.2, 0) is 14.3 Å². The summed E-state index contributed by atoms with van der Waals surface area (Å²) in [6.45, 7) is 3.43. The third-order valence-electron chi connectivity index (χ3n) is 3.33. The lowest BCUT2D eigenvalue weighted by atomic mass is 9.87. The Balaban J connectivity index is 2.35. The second-order valence-electron chi connectivity index (χ2n) is 4.70. The molecule has 0 aromatic heterocycles. The maximum atomic E-state index is 11.7. The summed E-state index contributed by atoms with van der Waals surface area (Å²) in [5.41, 5.74) is 0. The number of ether oxygens (including phenoxy) is 1. The molecule has 1 saturated carbocycles. The molecule has 4 nitrogen and oxygen atoms in total. The highest BCUT2D eigenvalue weighted by Gasteiger charge is 2.24. The molecule has 16 heavy (non-hydrogen) atoms. The van der Waals surface area contributed by atoms with Gasteiger partial charge in [0.15, 0.2) is 6.61 Å². The number of amides is 1. The highest BCUT2D eigenvalue weighted by molar-refractivity contribution is 5.80. The van der Waals surface area contributed by atoms with Gasteiger partial charge in [0.25, 0.3) is 5.91 Å². The molecule has 1 aliphatic rings. The molecule has 1 fully saturated rings. The number of hydrogen-bond acceptors (Lipinski definition) is 3. The lowest BCUT2D eigenvalue weighted by Crippen LogP contribution is -2.41. The normalized spacial score (nSPS) is 24.9. The van der Waals surface area contributed by atoms with Crippen LogP contribution in [0.25, 0.3) is 0 Å². The Morgan fingerprint density at radius 2 is 1.81 bits per heavy atom. The largest absolute Gasteiger partial charge is 0.456 e. The highest BCUT2D eigenvalue weighted by Crippen LogP contribution is 2.26. The first-order valence-electron chi connectivity index (χ1n) is 5.89. The molecule has 0 unspecified atom stereocenters. The summed E-state index contributed by atoms with van der Waals surface area (Å²) in [5.74, 6) is 0.266. The van der Waals surface area contributed by atoms with Gasteiger partial charge in [0.05, 0.1) is 0 Å². The van der Waals surface area contributed by atoms with Crippen LogP contribution < -0.4 is 0 Å². The van der Waals surface area contributed by atoms with Crippen molar-refractivity contribution >= 4 is 11.9 Å². The Labute approximate surface area is 96.9 Å². The molecule has 0 heterocycles. The summed E-state index contributed by atoms with van der Waals surface area (Å²) >= 11 is 0. The summed E-state index contributed by atoms with van der Waals surface area (Å²) < 4.78 is 4.71. The van der Waals surface area contributed by atoms with Gasteiger partial charge in [-0.3, -0.25) is 9.59 Å². The molecular formula is C12H21NO3. The molecule has 1 aliphatic carbocycles. The zero-order valence-corrected chi connectivity index (χ0v) is 10.4. The smallest absolute Gasteiger partial charge is 0.303 e. The maximum absolute atomic E-state index is 11.7. The molecule has 0 aliphatic heterocycles. The van der Waals surface area contributed by atoms with E-state index >= 15 is 0 Å². The van der Waals surface area contributed by atoms with Crippen LogP contribution in [0.15, 0.2) is 0 Å². The van der Waals surface area contributed by atoms with Crippen LogP contribution in [0.2, 0.25) is 0 Å². The molecular weight excluding hydrogens is 206 g/mol. The minimum Gasteiger partial charge on any atom is -0.456 e. The lowest BCUT2D eigenvalue weighted by Gasteiger charge is -2.33. The Hall–Kier alpha value is -1.06. The van der Waals surface area contributed by atoms with E-state index in [0.717, 1.165) is 18.8 Å². The Morgan fingerprint density at radius 3 is 2.31 bits per heavy atom. The zero-order chi connectivity index (χ0) is 12.1. The van der Waals surface area contributed by atoms with Gasteiger partial charge in [-0.1, -0.05) is 6.92 Å². The summed E-state index contributed by atoms with van der Waals surface area (Å²) in [6, 6.07) is 0.319. The van der Waals surface area contributed by atoms with E-state index in [1.165, 1.54) is 19.8 Å². The second-order valence-corrected chi connectivity index (χ2v) is 4.70. The summed E-state index contributed by atoms with van der Waals surface area (Å²) in [4.78, 5) is 24.0. The minimum absolute atomic E-state index is 0.102. The number of esters is 1. The third-order valence-corrected chi connectivity index (χ3v) is 3.33. The van der Waals surface area contributed by atoms with E-state index in [9.17, 15) is 9.59 Å². The number of hydrogen-bond donors (Lipinski definition) is 0. The summed E-state index contributed by atoms with van der Waals surface area (Å²) in [7, 11) is 1.80. The average molecular weight is 227 g/mol. The van der Waals surface area contributed by atoms with Crippen LogP contribution in [0.5, 0.6) is 0 Å². The van der Waals surface area contributed by atoms with Gasteiger partial charge in [-0.25, -0.2) is 0 Å². The van der Waals surface area contributed by atoms with Gasteiger partial charge < -0.3 is 9.64 Å².